The lowest BCUT2D eigenvalue weighted by Crippen LogP contribution is -2.42. The topological polar surface area (TPSA) is 55.2 Å². The van der Waals surface area contributed by atoms with Gasteiger partial charge in [-0.15, -0.1) is 0 Å². The van der Waals surface area contributed by atoms with E-state index in [9.17, 15) is 23.3 Å². The number of halogens is 3. The summed E-state index contributed by atoms with van der Waals surface area (Å²) in [5, 5.41) is 13.4. The Balaban J connectivity index is 2.39. The Bertz CT molecular complexity index is 510. The van der Waals surface area contributed by atoms with Gasteiger partial charge < -0.3 is 5.32 Å². The van der Waals surface area contributed by atoms with E-state index < -0.39 is 22.4 Å². The first-order valence-corrected chi connectivity index (χ1v) is 5.85. The number of nitro benzene ring substituents is 1. The van der Waals surface area contributed by atoms with Crippen LogP contribution < -0.4 is 5.32 Å². The minimum Gasteiger partial charge on any atom is -0.379 e. The molecule has 0 amide bonds. The average molecular weight is 274 g/mol. The minimum atomic E-state index is -4.62. The molecule has 0 saturated heterocycles. The second-order valence-electron chi connectivity index (χ2n) is 5.02. The minimum absolute atomic E-state index is 0.0969. The molecule has 1 aromatic rings. The van der Waals surface area contributed by atoms with Crippen molar-refractivity contribution in [1.82, 2.24) is 0 Å². The summed E-state index contributed by atoms with van der Waals surface area (Å²) in [6.45, 7) is 1.85. The highest BCUT2D eigenvalue weighted by atomic mass is 19.4. The molecule has 0 unspecified atom stereocenters. The van der Waals surface area contributed by atoms with E-state index >= 15 is 0 Å². The van der Waals surface area contributed by atoms with Crippen LogP contribution in [0.5, 0.6) is 0 Å². The van der Waals surface area contributed by atoms with Crippen molar-refractivity contribution in [2.45, 2.75) is 37.9 Å². The van der Waals surface area contributed by atoms with E-state index in [1.54, 1.807) is 0 Å². The molecule has 0 aliphatic heterocycles. The van der Waals surface area contributed by atoms with Crippen molar-refractivity contribution in [3.05, 3.63) is 33.9 Å². The van der Waals surface area contributed by atoms with Crippen LogP contribution >= 0.6 is 0 Å². The molecule has 0 heterocycles. The van der Waals surface area contributed by atoms with Gasteiger partial charge in [0, 0.05) is 23.4 Å². The first-order chi connectivity index (χ1) is 8.71. The Morgan fingerprint density at radius 3 is 2.42 bits per heavy atom. The molecule has 7 heteroatoms. The molecule has 1 aliphatic carbocycles. The first-order valence-electron chi connectivity index (χ1n) is 5.85. The molecule has 1 fully saturated rings. The Morgan fingerprint density at radius 2 is 2.00 bits per heavy atom. The van der Waals surface area contributed by atoms with E-state index in [1.165, 1.54) is 0 Å². The molecular weight excluding hydrogens is 261 g/mol. The molecule has 1 aliphatic rings. The van der Waals surface area contributed by atoms with Crippen molar-refractivity contribution in [3.8, 4) is 0 Å². The van der Waals surface area contributed by atoms with Crippen LogP contribution in [-0.4, -0.2) is 10.5 Å². The smallest absolute Gasteiger partial charge is 0.379 e. The van der Waals surface area contributed by atoms with Crippen LogP contribution in [0.3, 0.4) is 0 Å². The van der Waals surface area contributed by atoms with Crippen LogP contribution in [0.1, 0.15) is 31.7 Å². The Kier molecular flexibility index (Phi) is 3.15. The highest BCUT2D eigenvalue weighted by Crippen LogP contribution is 2.41. The number of non-ortho nitro benzene ring substituents is 1. The number of rotatable bonds is 3. The maximum Gasteiger partial charge on any atom is 0.418 e. The lowest BCUT2D eigenvalue weighted by molar-refractivity contribution is -0.385. The highest BCUT2D eigenvalue weighted by molar-refractivity contribution is 5.58. The number of nitrogens with zero attached hydrogens (tertiary/aromatic N) is 1. The van der Waals surface area contributed by atoms with Gasteiger partial charge in [0.05, 0.1) is 10.5 Å². The Hall–Kier alpha value is -1.79. The predicted octanol–water partition coefficient (Wildman–Crippen LogP) is 3.97. The summed E-state index contributed by atoms with van der Waals surface area (Å²) in [6.07, 6.45) is -2.06. The number of benzene rings is 1. The average Bonchev–Trinajstić information content (AvgIpc) is 2.25. The van der Waals surface area contributed by atoms with Crippen molar-refractivity contribution in [2.75, 3.05) is 5.32 Å². The van der Waals surface area contributed by atoms with Crippen molar-refractivity contribution in [1.29, 1.82) is 0 Å². The summed E-state index contributed by atoms with van der Waals surface area (Å²) in [4.78, 5) is 9.73. The second-order valence-corrected chi connectivity index (χ2v) is 5.02. The summed E-state index contributed by atoms with van der Waals surface area (Å²) < 4.78 is 38.8. The standard InChI is InChI=1S/C12H13F3N2O2/c1-11(5-2-6-11)16-10-4-3-8(17(18)19)7-9(10)12(13,14)15/h3-4,7,16H,2,5-6H2,1H3. The number of alkyl halides is 3. The third-order valence-corrected chi connectivity index (χ3v) is 3.41. The number of nitrogens with one attached hydrogen (secondary N) is 1. The lowest BCUT2D eigenvalue weighted by Gasteiger charge is -2.40. The van der Waals surface area contributed by atoms with Crippen molar-refractivity contribution < 1.29 is 18.1 Å². The SMILES string of the molecule is CC1(Nc2ccc([N+](=O)[O-])cc2C(F)(F)F)CCC1. The van der Waals surface area contributed by atoms with E-state index in [4.69, 9.17) is 0 Å². The third-order valence-electron chi connectivity index (χ3n) is 3.41. The summed E-state index contributed by atoms with van der Waals surface area (Å²) in [5.41, 5.74) is -2.00. The van der Waals surface area contributed by atoms with Gasteiger partial charge in [0.25, 0.3) is 5.69 Å². The Morgan fingerprint density at radius 1 is 1.37 bits per heavy atom. The maximum atomic E-state index is 12.9. The first kappa shape index (κ1) is 13.6. The zero-order valence-corrected chi connectivity index (χ0v) is 10.3. The van der Waals surface area contributed by atoms with Gasteiger partial charge in [-0.05, 0) is 32.3 Å². The van der Waals surface area contributed by atoms with E-state index in [0.29, 0.717) is 6.07 Å². The molecule has 1 N–H and O–H groups in total. The van der Waals surface area contributed by atoms with Crippen molar-refractivity contribution in [3.63, 3.8) is 0 Å². The van der Waals surface area contributed by atoms with Crippen LogP contribution in [0.15, 0.2) is 18.2 Å². The fourth-order valence-corrected chi connectivity index (χ4v) is 2.15. The Labute approximate surface area is 107 Å². The number of hydrogen-bond donors (Lipinski definition) is 1. The number of nitro groups is 1. The van der Waals surface area contributed by atoms with Crippen LogP contribution in [0.25, 0.3) is 0 Å². The van der Waals surface area contributed by atoms with Crippen LogP contribution in [-0.2, 0) is 6.18 Å². The molecule has 0 radical (unpaired) electrons. The van der Waals surface area contributed by atoms with Gasteiger partial charge in [-0.1, -0.05) is 0 Å². The monoisotopic (exact) mass is 274 g/mol. The normalized spacial score (nSPS) is 17.7. The third kappa shape index (κ3) is 2.80. The second kappa shape index (κ2) is 4.40. The summed E-state index contributed by atoms with van der Waals surface area (Å²) in [7, 11) is 0. The van der Waals surface area contributed by atoms with Gasteiger partial charge in [0.15, 0.2) is 0 Å². The molecule has 0 bridgehead atoms. The molecule has 1 saturated carbocycles. The largest absolute Gasteiger partial charge is 0.418 e. The lowest BCUT2D eigenvalue weighted by atomic mass is 9.78. The van der Waals surface area contributed by atoms with Crippen molar-refractivity contribution in [2.24, 2.45) is 0 Å². The quantitative estimate of drug-likeness (QED) is 0.670. The van der Waals surface area contributed by atoms with E-state index in [0.717, 1.165) is 31.4 Å². The zero-order valence-electron chi connectivity index (χ0n) is 10.3. The molecular formula is C12H13F3N2O2. The van der Waals surface area contributed by atoms with Crippen molar-refractivity contribution >= 4 is 11.4 Å². The van der Waals surface area contributed by atoms with Crippen LogP contribution in [0.4, 0.5) is 24.5 Å². The van der Waals surface area contributed by atoms with Gasteiger partial charge in [0.2, 0.25) is 0 Å². The molecule has 0 aromatic heterocycles. The van der Waals surface area contributed by atoms with E-state index in [1.807, 2.05) is 6.92 Å². The van der Waals surface area contributed by atoms with Gasteiger partial charge in [-0.3, -0.25) is 10.1 Å². The summed E-state index contributed by atoms with van der Waals surface area (Å²) in [5.74, 6) is 0. The van der Waals surface area contributed by atoms with Gasteiger partial charge in [0.1, 0.15) is 0 Å². The molecule has 0 atom stereocenters. The van der Waals surface area contributed by atoms with Crippen LogP contribution in [0.2, 0.25) is 0 Å². The molecule has 1 aromatic carbocycles. The fourth-order valence-electron chi connectivity index (χ4n) is 2.15. The van der Waals surface area contributed by atoms with Gasteiger partial charge in [-0.25, -0.2) is 0 Å². The highest BCUT2D eigenvalue weighted by Gasteiger charge is 2.38. The number of anilines is 1. The summed E-state index contributed by atoms with van der Waals surface area (Å²) >= 11 is 0. The maximum absolute atomic E-state index is 12.9. The van der Waals surface area contributed by atoms with E-state index in [2.05, 4.69) is 5.32 Å². The predicted molar refractivity (Wildman–Crippen MR) is 64.0 cm³/mol. The molecule has 104 valence electrons. The van der Waals surface area contributed by atoms with Crippen LogP contribution in [0, 0.1) is 10.1 Å². The molecule has 19 heavy (non-hydrogen) atoms. The van der Waals surface area contributed by atoms with Gasteiger partial charge in [-0.2, -0.15) is 13.2 Å². The molecule has 4 nitrogen and oxygen atoms in total. The number of hydrogen-bond acceptors (Lipinski definition) is 3. The fraction of sp³-hybridized carbons (Fsp3) is 0.500. The van der Waals surface area contributed by atoms with E-state index in [-0.39, 0.29) is 11.2 Å². The molecule has 0 spiro atoms. The van der Waals surface area contributed by atoms with Gasteiger partial charge >= 0.3 is 6.18 Å². The zero-order chi connectivity index (χ0) is 14.3. The molecule has 2 rings (SSSR count). The summed E-state index contributed by atoms with van der Waals surface area (Å²) in [6, 6.07) is 2.79.